The van der Waals surface area contributed by atoms with Crippen LogP contribution in [0.25, 0.3) is 0 Å². The number of H-pyrrole nitrogens is 1. The molecule has 5 nitrogen and oxygen atoms in total. The highest BCUT2D eigenvalue weighted by atomic mass is 16.4. The Kier molecular flexibility index (Phi) is 0.619. The average molecular weight is 101 g/mol. The van der Waals surface area contributed by atoms with Gasteiger partial charge in [-0.05, 0) is 0 Å². The van der Waals surface area contributed by atoms with Crippen molar-refractivity contribution in [1.82, 2.24) is 15.0 Å². The molecule has 0 saturated carbocycles. The van der Waals surface area contributed by atoms with Crippen molar-refractivity contribution in [1.29, 1.82) is 0 Å². The Morgan fingerprint density at radius 3 is 2.57 bits per heavy atom. The number of carbonyl (C=O) groups is 1. The third-order valence-electron chi connectivity index (χ3n) is 0.545. The van der Waals surface area contributed by atoms with E-state index in [-0.39, 0.29) is 0 Å². The smallest absolute Gasteiger partial charge is 0.433 e. The van der Waals surface area contributed by atoms with Crippen LogP contribution in [0.5, 0.6) is 0 Å². The predicted octanol–water partition coefficient (Wildman–Crippen LogP) is -0.263. The minimum absolute atomic E-state index is 0.847. The van der Waals surface area contributed by atoms with E-state index in [9.17, 15) is 4.79 Å². The van der Waals surface area contributed by atoms with Crippen LogP contribution in [0.2, 0.25) is 0 Å². The number of aromatic nitrogens is 3. The maximum Gasteiger partial charge on any atom is 0.433 e. The van der Waals surface area contributed by atoms with Gasteiger partial charge in [0, 0.05) is 0 Å². The van der Waals surface area contributed by atoms with Gasteiger partial charge in [0.05, 0.1) is 0 Å². The van der Waals surface area contributed by atoms with Crippen LogP contribution in [0, 0.1) is 0 Å². The summed E-state index contributed by atoms with van der Waals surface area (Å²) in [5.41, 5.74) is 0. The van der Waals surface area contributed by atoms with Gasteiger partial charge in [0.2, 0.25) is 0 Å². The molecule has 2 N–H and O–H groups in total. The summed E-state index contributed by atoms with van der Waals surface area (Å²) in [5, 5.41) is 13.4. The van der Waals surface area contributed by atoms with Crippen LogP contribution in [0.15, 0.2) is 6.33 Å². The average Bonchev–Trinajstić information content (AvgIpc) is 1.23. The van der Waals surface area contributed by atoms with Gasteiger partial charge in [0.25, 0.3) is 0 Å². The van der Waals surface area contributed by atoms with Crippen molar-refractivity contribution in [3.8, 4) is 0 Å². The zero-order valence-electron chi connectivity index (χ0n) is 3.33. The highest BCUT2D eigenvalue weighted by Crippen LogP contribution is 1.74. The van der Waals surface area contributed by atoms with Gasteiger partial charge < -0.3 is 5.11 Å². The lowest BCUT2D eigenvalue weighted by atomic mass is 11.1. The van der Waals surface area contributed by atoms with E-state index in [2.05, 4.69) is 10.3 Å². The SMILES string of the molecule is O=C(O)n1cn[nH]1. The lowest BCUT2D eigenvalue weighted by molar-refractivity contribution is 0.187. The Bertz CT molecular complexity index is 155. The fourth-order valence-electron chi connectivity index (χ4n) is 0.208. The lowest BCUT2D eigenvalue weighted by Crippen LogP contribution is -2.17. The summed E-state index contributed by atoms with van der Waals surface area (Å²) in [6.07, 6.45) is 0.123. The van der Waals surface area contributed by atoms with Crippen LogP contribution in [0.3, 0.4) is 0 Å². The van der Waals surface area contributed by atoms with Crippen molar-refractivity contribution >= 4 is 6.09 Å². The second-order valence-electron chi connectivity index (χ2n) is 0.997. The normalized spacial score (nSPS) is 9.14. The van der Waals surface area contributed by atoms with Crippen LogP contribution in [0.1, 0.15) is 0 Å². The van der Waals surface area contributed by atoms with Crippen LogP contribution in [0.4, 0.5) is 4.79 Å². The summed E-state index contributed by atoms with van der Waals surface area (Å²) < 4.78 is 0.847. The van der Waals surface area contributed by atoms with Crippen molar-refractivity contribution in [2.45, 2.75) is 0 Å². The summed E-state index contributed by atoms with van der Waals surface area (Å²) in [5.74, 6) is 0. The van der Waals surface area contributed by atoms with Crippen LogP contribution in [-0.2, 0) is 0 Å². The lowest BCUT2D eigenvalue weighted by Gasteiger charge is -1.97. The molecule has 38 valence electrons. The molecular formula is C2H3N3O2. The van der Waals surface area contributed by atoms with E-state index in [0.29, 0.717) is 0 Å². The van der Waals surface area contributed by atoms with Crippen LogP contribution < -0.4 is 0 Å². The maximum atomic E-state index is 9.75. The molecule has 5 heteroatoms. The van der Waals surface area contributed by atoms with Crippen molar-refractivity contribution in [3.63, 3.8) is 0 Å². The van der Waals surface area contributed by atoms with Crippen LogP contribution in [-0.4, -0.2) is 26.2 Å². The van der Waals surface area contributed by atoms with Gasteiger partial charge in [0.1, 0.15) is 6.33 Å². The summed E-state index contributed by atoms with van der Waals surface area (Å²) in [7, 11) is 0. The van der Waals surface area contributed by atoms with Crippen molar-refractivity contribution in [2.24, 2.45) is 0 Å². The second kappa shape index (κ2) is 1.11. The van der Waals surface area contributed by atoms with Gasteiger partial charge >= 0.3 is 6.09 Å². The molecule has 0 saturated heterocycles. The fraction of sp³-hybridized carbons (Fsp3) is 0. The molecule has 0 aliphatic rings. The number of nitrogens with one attached hydrogen (secondary N) is 1. The third kappa shape index (κ3) is 0.466. The molecule has 7 heavy (non-hydrogen) atoms. The van der Waals surface area contributed by atoms with E-state index in [1.54, 1.807) is 0 Å². The third-order valence-corrected chi connectivity index (χ3v) is 0.545. The van der Waals surface area contributed by atoms with E-state index in [1.165, 1.54) is 6.33 Å². The van der Waals surface area contributed by atoms with Crippen LogP contribution >= 0.6 is 0 Å². The summed E-state index contributed by atoms with van der Waals surface area (Å²) in [6, 6.07) is 0. The van der Waals surface area contributed by atoms with Gasteiger partial charge in [-0.2, -0.15) is 4.68 Å². The highest BCUT2D eigenvalue weighted by Gasteiger charge is 1.96. The number of hydrogen-bond acceptors (Lipinski definition) is 2. The molecule has 0 fully saturated rings. The Balaban J connectivity index is 2.73. The first-order chi connectivity index (χ1) is 3.30. The number of aromatic amines is 1. The van der Waals surface area contributed by atoms with E-state index < -0.39 is 6.09 Å². The second-order valence-corrected chi connectivity index (χ2v) is 0.997. The van der Waals surface area contributed by atoms with Gasteiger partial charge in [-0.3, -0.25) is 0 Å². The number of carboxylic acid groups (broad SMARTS) is 1. The first-order valence-corrected chi connectivity index (χ1v) is 1.61. The standard InChI is InChI=1S/C2H3N3O2/c6-2(7)5-1-3-4-5/h1,4H,(H,6,7). The molecule has 0 aliphatic heterocycles. The molecule has 1 aromatic heterocycles. The first kappa shape index (κ1) is 3.91. The van der Waals surface area contributed by atoms with Gasteiger partial charge in [-0.15, -0.1) is 5.10 Å². The fourth-order valence-corrected chi connectivity index (χ4v) is 0.208. The van der Waals surface area contributed by atoms with Crippen molar-refractivity contribution in [3.05, 3.63) is 6.33 Å². The largest absolute Gasteiger partial charge is 0.463 e. The Morgan fingerprint density at radius 1 is 2.00 bits per heavy atom. The quantitative estimate of drug-likeness (QED) is 0.472. The molecular weight excluding hydrogens is 98.0 g/mol. The Labute approximate surface area is 38.5 Å². The zero-order valence-corrected chi connectivity index (χ0v) is 3.33. The number of nitrogens with zero attached hydrogens (tertiary/aromatic N) is 2. The van der Waals surface area contributed by atoms with E-state index in [0.717, 1.165) is 4.68 Å². The molecule has 0 radical (unpaired) electrons. The molecule has 1 rings (SSSR count). The summed E-state index contributed by atoms with van der Waals surface area (Å²) >= 11 is 0. The van der Waals surface area contributed by atoms with E-state index in [4.69, 9.17) is 5.11 Å². The number of hydrogen-bond donors (Lipinski definition) is 2. The zero-order chi connectivity index (χ0) is 5.28. The molecule has 0 atom stereocenters. The maximum absolute atomic E-state index is 9.75. The van der Waals surface area contributed by atoms with E-state index >= 15 is 0 Å². The predicted molar refractivity (Wildman–Crippen MR) is 20.0 cm³/mol. The van der Waals surface area contributed by atoms with Crippen molar-refractivity contribution < 1.29 is 9.90 Å². The topological polar surface area (TPSA) is 70.9 Å². The van der Waals surface area contributed by atoms with E-state index in [1.807, 2.05) is 0 Å². The minimum Gasteiger partial charge on any atom is -0.463 e. The molecule has 0 bridgehead atoms. The minimum atomic E-state index is -1.05. The number of rotatable bonds is 0. The molecule has 0 aromatic carbocycles. The van der Waals surface area contributed by atoms with Gasteiger partial charge in [-0.25, -0.2) is 10.0 Å². The first-order valence-electron chi connectivity index (χ1n) is 1.61. The molecule has 0 spiro atoms. The molecule has 0 unspecified atom stereocenters. The van der Waals surface area contributed by atoms with Gasteiger partial charge in [0.15, 0.2) is 0 Å². The van der Waals surface area contributed by atoms with Gasteiger partial charge in [-0.1, -0.05) is 0 Å². The monoisotopic (exact) mass is 101 g/mol. The summed E-state index contributed by atoms with van der Waals surface area (Å²) in [4.78, 5) is 9.75. The van der Waals surface area contributed by atoms with Crippen molar-refractivity contribution in [2.75, 3.05) is 0 Å². The Hall–Kier alpha value is -1.26. The molecule has 0 amide bonds. The Morgan fingerprint density at radius 2 is 2.57 bits per heavy atom. The molecule has 1 heterocycles. The molecule has 0 aliphatic carbocycles. The summed E-state index contributed by atoms with van der Waals surface area (Å²) in [6.45, 7) is 0. The molecule has 1 aromatic rings. The highest BCUT2D eigenvalue weighted by molar-refractivity contribution is 5.66.